The van der Waals surface area contributed by atoms with Gasteiger partial charge in [-0.3, -0.25) is 25.4 Å². The summed E-state index contributed by atoms with van der Waals surface area (Å²) in [5, 5.41) is 0. The Kier molecular flexibility index (Phi) is 3.30. The molecule has 0 fully saturated rings. The van der Waals surface area contributed by atoms with Gasteiger partial charge in [0.2, 0.25) is 5.91 Å². The van der Waals surface area contributed by atoms with E-state index in [9.17, 15) is 9.59 Å². The van der Waals surface area contributed by atoms with E-state index in [0.29, 0.717) is 5.56 Å². The van der Waals surface area contributed by atoms with Crippen LogP contribution < -0.4 is 10.9 Å². The number of nitrogens with zero attached hydrogens (tertiary/aromatic N) is 1. The Morgan fingerprint density at radius 1 is 1.06 bits per heavy atom. The number of pyridine rings is 1. The van der Waals surface area contributed by atoms with Crippen LogP contribution >= 0.6 is 0 Å². The van der Waals surface area contributed by atoms with Gasteiger partial charge in [0.25, 0.3) is 5.91 Å². The summed E-state index contributed by atoms with van der Waals surface area (Å²) >= 11 is 0. The molecule has 2 N–H and O–H groups in total. The van der Waals surface area contributed by atoms with Crippen molar-refractivity contribution in [1.82, 2.24) is 15.8 Å². The van der Waals surface area contributed by atoms with Crippen LogP contribution in [0.1, 0.15) is 10.4 Å². The second kappa shape index (κ2) is 5.07. The highest BCUT2D eigenvalue weighted by Gasteiger charge is 2.14. The van der Waals surface area contributed by atoms with E-state index in [1.807, 2.05) is 0 Å². The van der Waals surface area contributed by atoms with Crippen molar-refractivity contribution in [3.63, 3.8) is 0 Å². The van der Waals surface area contributed by atoms with E-state index in [-0.39, 0.29) is 17.7 Å². The summed E-state index contributed by atoms with van der Waals surface area (Å²) in [4.78, 5) is 26.9. The van der Waals surface area contributed by atoms with Crippen LogP contribution in [0.3, 0.4) is 0 Å². The van der Waals surface area contributed by atoms with E-state index in [2.05, 4.69) is 15.8 Å². The number of allylic oxidation sites excluding steroid dienone is 2. The van der Waals surface area contributed by atoms with E-state index in [4.69, 9.17) is 0 Å². The number of aromatic nitrogens is 1. The Morgan fingerprint density at radius 3 is 2.35 bits per heavy atom. The minimum Gasteiger partial charge on any atom is -0.272 e. The maximum Gasteiger partial charge on any atom is 0.269 e. The van der Waals surface area contributed by atoms with Crippen LogP contribution in [0.5, 0.6) is 0 Å². The van der Waals surface area contributed by atoms with Crippen LogP contribution in [0.25, 0.3) is 0 Å². The highest BCUT2D eigenvalue weighted by molar-refractivity contribution is 5.95. The first kappa shape index (κ1) is 11.1. The van der Waals surface area contributed by atoms with E-state index < -0.39 is 0 Å². The van der Waals surface area contributed by atoms with Crippen LogP contribution in [0.15, 0.2) is 48.8 Å². The Bertz CT molecular complexity index is 468. The molecule has 0 unspecified atom stereocenters. The Hall–Kier alpha value is -2.43. The van der Waals surface area contributed by atoms with Crippen LogP contribution in [-0.2, 0) is 4.79 Å². The second-order valence-corrected chi connectivity index (χ2v) is 3.47. The van der Waals surface area contributed by atoms with Crippen LogP contribution in [0.2, 0.25) is 0 Å². The molecule has 1 aliphatic carbocycles. The predicted octanol–water partition coefficient (Wildman–Crippen LogP) is 0.585. The van der Waals surface area contributed by atoms with Gasteiger partial charge in [-0.05, 0) is 12.1 Å². The standard InChI is InChI=1S/C12H11N3O2/c16-11(9-3-1-2-4-9)14-15-12(17)10-5-7-13-8-6-10/h1-9H,(H,14,16)(H,15,17). The van der Waals surface area contributed by atoms with E-state index in [1.54, 1.807) is 36.4 Å². The third-order valence-electron chi connectivity index (χ3n) is 2.29. The molecule has 1 heterocycles. The molecule has 0 aromatic carbocycles. The maximum absolute atomic E-state index is 11.6. The van der Waals surface area contributed by atoms with Crippen molar-refractivity contribution >= 4 is 11.8 Å². The number of carbonyl (C=O) groups excluding carboxylic acids is 2. The molecule has 0 saturated carbocycles. The highest BCUT2D eigenvalue weighted by atomic mass is 16.2. The molecule has 1 aromatic heterocycles. The lowest BCUT2D eigenvalue weighted by molar-refractivity contribution is -0.123. The summed E-state index contributed by atoms with van der Waals surface area (Å²) in [6.45, 7) is 0. The fraction of sp³-hybridized carbons (Fsp3) is 0.0833. The van der Waals surface area contributed by atoms with Gasteiger partial charge in [0, 0.05) is 18.0 Å². The normalized spacial score (nSPS) is 13.6. The van der Waals surface area contributed by atoms with Gasteiger partial charge >= 0.3 is 0 Å². The fourth-order valence-corrected chi connectivity index (χ4v) is 1.38. The molecule has 5 nitrogen and oxygen atoms in total. The lowest BCUT2D eigenvalue weighted by atomic mass is 10.2. The average Bonchev–Trinajstić information content (AvgIpc) is 2.90. The lowest BCUT2D eigenvalue weighted by Gasteiger charge is -2.09. The van der Waals surface area contributed by atoms with Gasteiger partial charge in [-0.1, -0.05) is 24.3 Å². The monoisotopic (exact) mass is 229 g/mol. The summed E-state index contributed by atoms with van der Waals surface area (Å²) in [5.41, 5.74) is 5.15. The van der Waals surface area contributed by atoms with Crippen LogP contribution in [0.4, 0.5) is 0 Å². The summed E-state index contributed by atoms with van der Waals surface area (Å²) in [5.74, 6) is -0.947. The Balaban J connectivity index is 1.86. The molecule has 0 spiro atoms. The fourth-order valence-electron chi connectivity index (χ4n) is 1.38. The van der Waals surface area contributed by atoms with Gasteiger partial charge in [0.05, 0.1) is 5.92 Å². The molecular formula is C12H11N3O2. The molecule has 2 amide bonds. The number of rotatable bonds is 2. The quantitative estimate of drug-likeness (QED) is 0.729. The molecule has 86 valence electrons. The van der Waals surface area contributed by atoms with Gasteiger partial charge in [-0.25, -0.2) is 0 Å². The van der Waals surface area contributed by atoms with E-state index in [0.717, 1.165) is 0 Å². The van der Waals surface area contributed by atoms with Gasteiger partial charge in [-0.2, -0.15) is 0 Å². The molecule has 0 radical (unpaired) electrons. The van der Waals surface area contributed by atoms with Gasteiger partial charge in [0.1, 0.15) is 0 Å². The molecule has 1 aliphatic rings. The van der Waals surface area contributed by atoms with Gasteiger partial charge in [-0.15, -0.1) is 0 Å². The zero-order chi connectivity index (χ0) is 12.1. The summed E-state index contributed by atoms with van der Waals surface area (Å²) in [6, 6.07) is 3.13. The number of hydrogen-bond acceptors (Lipinski definition) is 3. The van der Waals surface area contributed by atoms with Crippen molar-refractivity contribution in [3.05, 3.63) is 54.4 Å². The first-order valence-electron chi connectivity index (χ1n) is 5.12. The molecule has 0 bridgehead atoms. The zero-order valence-corrected chi connectivity index (χ0v) is 8.96. The maximum atomic E-state index is 11.6. The van der Waals surface area contributed by atoms with Gasteiger partial charge in [0.15, 0.2) is 0 Å². The number of amides is 2. The molecule has 17 heavy (non-hydrogen) atoms. The summed E-state index contributed by atoms with van der Waals surface area (Å²) in [6.07, 6.45) is 10.1. The molecule has 2 rings (SSSR count). The first-order chi connectivity index (χ1) is 8.27. The van der Waals surface area contributed by atoms with E-state index in [1.165, 1.54) is 12.4 Å². The molecule has 0 atom stereocenters. The second-order valence-electron chi connectivity index (χ2n) is 3.47. The smallest absolute Gasteiger partial charge is 0.269 e. The number of hydrazine groups is 1. The lowest BCUT2D eigenvalue weighted by Crippen LogP contribution is -2.43. The minimum absolute atomic E-state index is 0.266. The largest absolute Gasteiger partial charge is 0.272 e. The van der Waals surface area contributed by atoms with Crippen molar-refractivity contribution < 1.29 is 9.59 Å². The number of carbonyl (C=O) groups is 2. The molecule has 0 aliphatic heterocycles. The van der Waals surface area contributed by atoms with Crippen molar-refractivity contribution in [2.24, 2.45) is 5.92 Å². The Labute approximate surface area is 98.2 Å². The Morgan fingerprint density at radius 2 is 1.71 bits per heavy atom. The van der Waals surface area contributed by atoms with Crippen LogP contribution in [0, 0.1) is 5.92 Å². The SMILES string of the molecule is O=C(NNC(=O)C1C=CC=C1)c1ccncc1. The predicted molar refractivity (Wildman–Crippen MR) is 61.6 cm³/mol. The van der Waals surface area contributed by atoms with Crippen molar-refractivity contribution in [2.75, 3.05) is 0 Å². The van der Waals surface area contributed by atoms with Crippen molar-refractivity contribution in [1.29, 1.82) is 0 Å². The molecule has 5 heteroatoms. The molecular weight excluding hydrogens is 218 g/mol. The number of nitrogens with one attached hydrogen (secondary N) is 2. The van der Waals surface area contributed by atoms with Crippen LogP contribution in [-0.4, -0.2) is 16.8 Å². The highest BCUT2D eigenvalue weighted by Crippen LogP contribution is 2.07. The van der Waals surface area contributed by atoms with E-state index >= 15 is 0 Å². The topological polar surface area (TPSA) is 71.1 Å². The zero-order valence-electron chi connectivity index (χ0n) is 8.96. The van der Waals surface area contributed by atoms with Crippen molar-refractivity contribution in [2.45, 2.75) is 0 Å². The third kappa shape index (κ3) is 2.78. The molecule has 1 aromatic rings. The minimum atomic E-state index is -0.369. The number of hydrogen-bond donors (Lipinski definition) is 2. The summed E-state index contributed by atoms with van der Waals surface area (Å²) in [7, 11) is 0. The first-order valence-corrected chi connectivity index (χ1v) is 5.12. The van der Waals surface area contributed by atoms with Crippen molar-refractivity contribution in [3.8, 4) is 0 Å². The van der Waals surface area contributed by atoms with Gasteiger partial charge < -0.3 is 0 Å². The average molecular weight is 229 g/mol. The third-order valence-corrected chi connectivity index (χ3v) is 2.29. The molecule has 0 saturated heterocycles. The summed E-state index contributed by atoms with van der Waals surface area (Å²) < 4.78 is 0.